The van der Waals surface area contributed by atoms with Crippen LogP contribution in [-0.4, -0.2) is 29.2 Å². The van der Waals surface area contributed by atoms with E-state index in [1.807, 2.05) is 0 Å². The number of imidazole rings is 1. The first kappa shape index (κ1) is 12.7. The van der Waals surface area contributed by atoms with Gasteiger partial charge in [0.1, 0.15) is 11.5 Å². The fourth-order valence-corrected chi connectivity index (χ4v) is 3.16. The number of carbonyl (C=O) groups is 1. The van der Waals surface area contributed by atoms with Gasteiger partial charge in [-0.05, 0) is 6.92 Å². The van der Waals surface area contributed by atoms with Crippen molar-refractivity contribution >= 4 is 32.3 Å². The van der Waals surface area contributed by atoms with Crippen molar-refractivity contribution in [1.29, 1.82) is 0 Å². The third-order valence-corrected chi connectivity index (χ3v) is 4.19. The maximum atomic E-state index is 11.9. The van der Waals surface area contributed by atoms with Crippen LogP contribution in [0.25, 0.3) is 0 Å². The molecule has 9 heteroatoms. The number of H-pyrrole nitrogens is 1. The minimum Gasteiger partial charge on any atom is -0.332 e. The Labute approximate surface area is 107 Å². The Kier molecular flexibility index (Phi) is 3.18. The molecule has 0 saturated carbocycles. The molecular formula is C9H10N4O3S2. The fourth-order valence-electron chi connectivity index (χ4n) is 1.19. The highest BCUT2D eigenvalue weighted by molar-refractivity contribution is 7.92. The van der Waals surface area contributed by atoms with Gasteiger partial charge in [-0.1, -0.05) is 0 Å². The lowest BCUT2D eigenvalue weighted by molar-refractivity contribution is 0.101. The monoisotopic (exact) mass is 286 g/mol. The number of aryl methyl sites for hydroxylation is 1. The van der Waals surface area contributed by atoms with Crippen LogP contribution in [0.5, 0.6) is 0 Å². The number of anilines is 1. The molecule has 2 rings (SSSR count). The molecule has 0 aliphatic heterocycles. The van der Waals surface area contributed by atoms with E-state index in [0.717, 1.165) is 11.3 Å². The van der Waals surface area contributed by atoms with Crippen LogP contribution in [0.3, 0.4) is 0 Å². The van der Waals surface area contributed by atoms with E-state index in [1.54, 1.807) is 6.92 Å². The minimum absolute atomic E-state index is 0.0421. The van der Waals surface area contributed by atoms with Gasteiger partial charge in [0.25, 0.3) is 10.0 Å². The zero-order valence-corrected chi connectivity index (χ0v) is 11.2. The van der Waals surface area contributed by atoms with Crippen LogP contribution in [-0.2, 0) is 10.0 Å². The number of aromatic nitrogens is 3. The maximum absolute atomic E-state index is 11.9. The smallest absolute Gasteiger partial charge is 0.280 e. The van der Waals surface area contributed by atoms with Crippen LogP contribution < -0.4 is 4.72 Å². The predicted octanol–water partition coefficient (Wildman–Crippen LogP) is 1.18. The summed E-state index contributed by atoms with van der Waals surface area (Å²) in [5, 5.41) is 1.60. The summed E-state index contributed by atoms with van der Waals surface area (Å²) < 4.78 is 26.1. The van der Waals surface area contributed by atoms with Crippen molar-refractivity contribution in [2.75, 3.05) is 4.72 Å². The molecule has 2 heterocycles. The van der Waals surface area contributed by atoms with Gasteiger partial charge in [0, 0.05) is 12.3 Å². The number of hydrogen-bond acceptors (Lipinski definition) is 6. The lowest BCUT2D eigenvalue weighted by Gasteiger charge is -2.01. The van der Waals surface area contributed by atoms with Gasteiger partial charge in [-0.25, -0.2) is 9.97 Å². The van der Waals surface area contributed by atoms with Crippen molar-refractivity contribution in [2.24, 2.45) is 0 Å². The Hall–Kier alpha value is -1.74. The molecule has 0 aliphatic carbocycles. The van der Waals surface area contributed by atoms with E-state index in [9.17, 15) is 13.2 Å². The summed E-state index contributed by atoms with van der Waals surface area (Å²) in [5.41, 5.74) is 0.235. The third kappa shape index (κ3) is 2.57. The van der Waals surface area contributed by atoms with Crippen molar-refractivity contribution in [3.05, 3.63) is 23.1 Å². The summed E-state index contributed by atoms with van der Waals surface area (Å²) in [6.07, 6.45) is 1.22. The second-order valence-electron chi connectivity index (χ2n) is 3.53. The molecule has 0 spiro atoms. The molecule has 2 N–H and O–H groups in total. The van der Waals surface area contributed by atoms with Crippen molar-refractivity contribution in [3.63, 3.8) is 0 Å². The van der Waals surface area contributed by atoms with E-state index in [0.29, 0.717) is 5.82 Å². The molecular weight excluding hydrogens is 276 g/mol. The van der Waals surface area contributed by atoms with Gasteiger partial charge in [-0.2, -0.15) is 8.42 Å². The van der Waals surface area contributed by atoms with Crippen LogP contribution in [0.2, 0.25) is 0 Å². The van der Waals surface area contributed by atoms with Crippen LogP contribution in [0.1, 0.15) is 23.2 Å². The molecule has 0 amide bonds. The summed E-state index contributed by atoms with van der Waals surface area (Å²) >= 11 is 1.05. The van der Waals surface area contributed by atoms with Gasteiger partial charge in [-0.15, -0.1) is 11.3 Å². The number of nitrogens with one attached hydrogen (secondary N) is 2. The summed E-state index contributed by atoms with van der Waals surface area (Å²) in [5.74, 6) is 0.285. The number of thiazole rings is 1. The van der Waals surface area contributed by atoms with Crippen molar-refractivity contribution in [2.45, 2.75) is 18.9 Å². The Bertz CT molecular complexity index is 686. The van der Waals surface area contributed by atoms with E-state index >= 15 is 0 Å². The standard InChI is InChI=1S/C9H10N4O3S2/c1-5(14)7-4-17-9(12-7)13-18(15,16)8-3-10-6(2)11-8/h3-4H,1-2H3,(H,10,11)(H,12,13). The van der Waals surface area contributed by atoms with Crippen LogP contribution in [0.15, 0.2) is 16.6 Å². The van der Waals surface area contributed by atoms with E-state index in [4.69, 9.17) is 0 Å². The number of aromatic amines is 1. The summed E-state index contributed by atoms with van der Waals surface area (Å²) in [4.78, 5) is 21.3. The fraction of sp³-hybridized carbons (Fsp3) is 0.222. The molecule has 0 saturated heterocycles. The number of carbonyl (C=O) groups excluding carboxylic acids is 1. The summed E-state index contributed by atoms with van der Waals surface area (Å²) in [7, 11) is -3.74. The number of Topliss-reactive ketones (excluding diaryl/α,β-unsaturated/α-hetero) is 1. The van der Waals surface area contributed by atoms with Crippen LogP contribution >= 0.6 is 11.3 Å². The van der Waals surface area contributed by atoms with Gasteiger partial charge >= 0.3 is 0 Å². The molecule has 0 unspecified atom stereocenters. The molecule has 0 radical (unpaired) electrons. The summed E-state index contributed by atoms with van der Waals surface area (Å²) in [6.45, 7) is 3.02. The minimum atomic E-state index is -3.74. The van der Waals surface area contributed by atoms with E-state index < -0.39 is 10.0 Å². The van der Waals surface area contributed by atoms with E-state index in [-0.39, 0.29) is 21.6 Å². The third-order valence-electron chi connectivity index (χ3n) is 2.06. The van der Waals surface area contributed by atoms with Gasteiger partial charge in [0.15, 0.2) is 15.9 Å². The largest absolute Gasteiger partial charge is 0.332 e. The van der Waals surface area contributed by atoms with Crippen molar-refractivity contribution < 1.29 is 13.2 Å². The van der Waals surface area contributed by atoms with E-state index in [2.05, 4.69) is 19.7 Å². The Morgan fingerprint density at radius 1 is 1.50 bits per heavy atom. The normalized spacial score (nSPS) is 11.4. The highest BCUT2D eigenvalue weighted by Gasteiger charge is 2.18. The second-order valence-corrected chi connectivity index (χ2v) is 6.04. The van der Waals surface area contributed by atoms with Crippen LogP contribution in [0, 0.1) is 6.92 Å². The molecule has 0 aromatic carbocycles. The zero-order valence-electron chi connectivity index (χ0n) is 9.59. The molecule has 18 heavy (non-hydrogen) atoms. The predicted molar refractivity (Wildman–Crippen MR) is 66.3 cm³/mol. The number of nitrogens with zero attached hydrogens (tertiary/aromatic N) is 2. The molecule has 2 aromatic rings. The highest BCUT2D eigenvalue weighted by Crippen LogP contribution is 2.19. The molecule has 0 atom stereocenters. The summed E-state index contributed by atoms with van der Waals surface area (Å²) in [6, 6.07) is 0. The van der Waals surface area contributed by atoms with Crippen molar-refractivity contribution in [1.82, 2.24) is 15.0 Å². The number of ketones is 1. The molecule has 2 aromatic heterocycles. The van der Waals surface area contributed by atoms with Crippen LogP contribution in [0.4, 0.5) is 5.13 Å². The average Bonchev–Trinajstić information content (AvgIpc) is 2.86. The van der Waals surface area contributed by atoms with Gasteiger partial charge in [0.2, 0.25) is 0 Å². The SMILES string of the molecule is CC(=O)c1csc(NS(=O)(=O)c2cnc(C)[nH]2)n1. The first-order valence-electron chi connectivity index (χ1n) is 4.89. The quantitative estimate of drug-likeness (QED) is 0.821. The van der Waals surface area contributed by atoms with Crippen molar-refractivity contribution in [3.8, 4) is 0 Å². The van der Waals surface area contributed by atoms with Gasteiger partial charge in [-0.3, -0.25) is 9.52 Å². The number of sulfonamides is 1. The Morgan fingerprint density at radius 2 is 2.22 bits per heavy atom. The first-order chi connectivity index (χ1) is 8.38. The van der Waals surface area contributed by atoms with Gasteiger partial charge in [0.05, 0.1) is 6.20 Å². The van der Waals surface area contributed by atoms with E-state index in [1.165, 1.54) is 18.5 Å². The zero-order chi connectivity index (χ0) is 13.3. The topological polar surface area (TPSA) is 105 Å². The Balaban J connectivity index is 2.25. The highest BCUT2D eigenvalue weighted by atomic mass is 32.2. The molecule has 96 valence electrons. The Morgan fingerprint density at radius 3 is 2.72 bits per heavy atom. The van der Waals surface area contributed by atoms with Gasteiger partial charge < -0.3 is 4.98 Å². The lowest BCUT2D eigenvalue weighted by atomic mass is 10.4. The average molecular weight is 286 g/mol. The second kappa shape index (κ2) is 4.50. The maximum Gasteiger partial charge on any atom is 0.280 e. The first-order valence-corrected chi connectivity index (χ1v) is 7.25. The molecule has 0 fully saturated rings. The number of rotatable bonds is 4. The number of hydrogen-bond donors (Lipinski definition) is 2. The molecule has 7 nitrogen and oxygen atoms in total. The molecule has 0 bridgehead atoms. The lowest BCUT2D eigenvalue weighted by Crippen LogP contribution is -2.13. The molecule has 0 aliphatic rings.